The van der Waals surface area contributed by atoms with E-state index >= 15 is 0 Å². The minimum atomic E-state index is -3.97. The number of halogens is 2. The number of carbonyl (C=O) groups excluding carboxylic acids is 2. The smallest absolute Gasteiger partial charge is 0.261 e. The van der Waals surface area contributed by atoms with Crippen LogP contribution in [0.2, 0.25) is 0 Å². The van der Waals surface area contributed by atoms with E-state index in [1.54, 1.807) is 12.1 Å². The standard InChI is InChI=1S/C35H35F2N3O6S/c36-27-10-8-26(9-11-27)23-40(33(21-25-5-2-1-3-6-25)35(42)38-22-31-7-4-20-45-31)34(41)24-46-30-16-18-32(19-17-30)47(43,44)39-29-14-12-28(37)13-15-29/h1-3,5-6,8-19,31,33,39H,4,7,20-24H2,(H,38,42)/t31-,33+/m1/s1. The van der Waals surface area contributed by atoms with Gasteiger partial charge >= 0.3 is 0 Å². The largest absolute Gasteiger partial charge is 0.484 e. The lowest BCUT2D eigenvalue weighted by Crippen LogP contribution is -2.52. The molecule has 0 radical (unpaired) electrons. The lowest BCUT2D eigenvalue weighted by Gasteiger charge is -2.31. The average Bonchev–Trinajstić information content (AvgIpc) is 3.60. The molecular weight excluding hydrogens is 628 g/mol. The molecule has 9 nitrogen and oxygen atoms in total. The van der Waals surface area contributed by atoms with E-state index in [0.29, 0.717) is 18.7 Å². The lowest BCUT2D eigenvalue weighted by atomic mass is 10.0. The van der Waals surface area contributed by atoms with Gasteiger partial charge in [0.15, 0.2) is 6.61 Å². The Morgan fingerprint density at radius 2 is 1.53 bits per heavy atom. The third-order valence-electron chi connectivity index (χ3n) is 7.66. The molecule has 1 saturated heterocycles. The number of amides is 2. The van der Waals surface area contributed by atoms with E-state index in [9.17, 15) is 26.8 Å². The molecule has 0 aromatic heterocycles. The van der Waals surface area contributed by atoms with E-state index in [2.05, 4.69) is 10.0 Å². The normalized spacial score (nSPS) is 15.1. The van der Waals surface area contributed by atoms with Gasteiger partial charge < -0.3 is 19.7 Å². The van der Waals surface area contributed by atoms with Crippen LogP contribution < -0.4 is 14.8 Å². The van der Waals surface area contributed by atoms with Gasteiger partial charge in [0.1, 0.15) is 23.4 Å². The second-order valence-electron chi connectivity index (χ2n) is 11.1. The highest BCUT2D eigenvalue weighted by molar-refractivity contribution is 7.92. The molecule has 0 spiro atoms. The molecule has 47 heavy (non-hydrogen) atoms. The maximum Gasteiger partial charge on any atom is 0.261 e. The Balaban J connectivity index is 1.32. The molecule has 5 rings (SSSR count). The molecule has 1 aliphatic heterocycles. The zero-order valence-electron chi connectivity index (χ0n) is 25.5. The van der Waals surface area contributed by atoms with E-state index < -0.39 is 40.2 Å². The molecule has 0 aliphatic carbocycles. The van der Waals surface area contributed by atoms with Crippen LogP contribution in [0.15, 0.2) is 108 Å². The van der Waals surface area contributed by atoms with Crippen LogP contribution >= 0.6 is 0 Å². The van der Waals surface area contributed by atoms with E-state index in [1.807, 2.05) is 30.3 Å². The molecule has 1 aliphatic rings. The van der Waals surface area contributed by atoms with E-state index in [1.165, 1.54) is 53.4 Å². The van der Waals surface area contributed by atoms with Crippen molar-refractivity contribution < 1.29 is 36.3 Å². The van der Waals surface area contributed by atoms with Gasteiger partial charge in [-0.2, -0.15) is 0 Å². The highest BCUT2D eigenvalue weighted by Gasteiger charge is 2.31. The van der Waals surface area contributed by atoms with Crippen molar-refractivity contribution in [2.75, 3.05) is 24.5 Å². The van der Waals surface area contributed by atoms with Crippen molar-refractivity contribution >= 4 is 27.5 Å². The lowest BCUT2D eigenvalue weighted by molar-refractivity contribution is -0.143. The van der Waals surface area contributed by atoms with E-state index in [4.69, 9.17) is 9.47 Å². The first-order valence-electron chi connectivity index (χ1n) is 15.1. The molecule has 1 heterocycles. The molecule has 2 amide bonds. The number of hydrogen-bond acceptors (Lipinski definition) is 6. The second-order valence-corrected chi connectivity index (χ2v) is 12.8. The summed E-state index contributed by atoms with van der Waals surface area (Å²) in [5, 5.41) is 2.95. The summed E-state index contributed by atoms with van der Waals surface area (Å²) >= 11 is 0. The summed E-state index contributed by atoms with van der Waals surface area (Å²) in [6.07, 6.45) is 1.87. The number of nitrogens with one attached hydrogen (secondary N) is 2. The number of nitrogens with zero attached hydrogens (tertiary/aromatic N) is 1. The number of hydrogen-bond donors (Lipinski definition) is 2. The van der Waals surface area contributed by atoms with E-state index in [-0.39, 0.29) is 41.3 Å². The molecule has 1 fully saturated rings. The molecule has 0 bridgehead atoms. The summed E-state index contributed by atoms with van der Waals surface area (Å²) in [4.78, 5) is 28.9. The van der Waals surface area contributed by atoms with Crippen molar-refractivity contribution in [3.63, 3.8) is 0 Å². The Kier molecular flexibility index (Phi) is 11.2. The number of rotatable bonds is 14. The predicted octanol–water partition coefficient (Wildman–Crippen LogP) is 5.08. The molecule has 0 saturated carbocycles. The van der Waals surface area contributed by atoms with Gasteiger partial charge in [-0.1, -0.05) is 42.5 Å². The van der Waals surface area contributed by atoms with Crippen LogP contribution in [0.1, 0.15) is 24.0 Å². The highest BCUT2D eigenvalue weighted by atomic mass is 32.2. The third kappa shape index (κ3) is 9.60. The SMILES string of the molecule is O=C(NC[C@H]1CCCO1)[C@H](Cc1ccccc1)N(Cc1ccc(F)cc1)C(=O)COc1ccc(S(=O)(=O)Nc2ccc(F)cc2)cc1. The van der Waals surface area contributed by atoms with E-state index in [0.717, 1.165) is 30.5 Å². The summed E-state index contributed by atoms with van der Waals surface area (Å²) in [6, 6.07) is 24.4. The number of benzene rings is 4. The zero-order chi connectivity index (χ0) is 33.2. The van der Waals surface area contributed by atoms with Gasteiger partial charge in [-0.25, -0.2) is 17.2 Å². The van der Waals surface area contributed by atoms with Crippen LogP contribution in [0.25, 0.3) is 0 Å². The maximum absolute atomic E-state index is 13.8. The first kappa shape index (κ1) is 33.6. The van der Waals surface area contributed by atoms with Gasteiger partial charge in [-0.3, -0.25) is 14.3 Å². The van der Waals surface area contributed by atoms with Crippen LogP contribution in [0.4, 0.5) is 14.5 Å². The molecule has 246 valence electrons. The number of ether oxygens (including phenoxy) is 2. The molecule has 2 atom stereocenters. The van der Waals surface area contributed by atoms with Crippen LogP contribution in [0.5, 0.6) is 5.75 Å². The van der Waals surface area contributed by atoms with Gasteiger partial charge in [-0.05, 0) is 84.6 Å². The van der Waals surface area contributed by atoms with Gasteiger partial charge in [-0.15, -0.1) is 0 Å². The zero-order valence-corrected chi connectivity index (χ0v) is 26.3. The van der Waals surface area contributed by atoms with Crippen molar-refractivity contribution in [1.29, 1.82) is 0 Å². The van der Waals surface area contributed by atoms with Crippen molar-refractivity contribution in [2.24, 2.45) is 0 Å². The molecule has 12 heteroatoms. The molecule has 4 aromatic rings. The van der Waals surface area contributed by atoms with Crippen molar-refractivity contribution in [2.45, 2.75) is 42.8 Å². The van der Waals surface area contributed by atoms with Crippen molar-refractivity contribution in [3.05, 3.63) is 126 Å². The Hall–Kier alpha value is -4.81. The molecule has 2 N–H and O–H groups in total. The topological polar surface area (TPSA) is 114 Å². The van der Waals surface area contributed by atoms with Crippen LogP contribution in [-0.4, -0.2) is 57.0 Å². The molecular formula is C35H35F2N3O6S. The molecule has 0 unspecified atom stereocenters. The fourth-order valence-corrected chi connectivity index (χ4v) is 6.21. The fraction of sp³-hybridized carbons (Fsp3) is 0.257. The Morgan fingerprint density at radius 3 is 2.17 bits per heavy atom. The summed E-state index contributed by atoms with van der Waals surface area (Å²) in [7, 11) is -3.97. The quantitative estimate of drug-likeness (QED) is 0.195. The monoisotopic (exact) mass is 663 g/mol. The number of anilines is 1. The average molecular weight is 664 g/mol. The predicted molar refractivity (Wildman–Crippen MR) is 172 cm³/mol. The first-order chi connectivity index (χ1) is 22.7. The van der Waals surface area contributed by atoms with Gasteiger partial charge in [0.25, 0.3) is 15.9 Å². The minimum Gasteiger partial charge on any atom is -0.484 e. The van der Waals surface area contributed by atoms with Gasteiger partial charge in [0.2, 0.25) is 5.91 Å². The van der Waals surface area contributed by atoms with Crippen LogP contribution in [0, 0.1) is 11.6 Å². The van der Waals surface area contributed by atoms with Gasteiger partial charge in [0, 0.05) is 31.8 Å². The highest BCUT2D eigenvalue weighted by Crippen LogP contribution is 2.21. The van der Waals surface area contributed by atoms with Crippen LogP contribution in [0.3, 0.4) is 0 Å². The minimum absolute atomic E-state index is 0.0135. The maximum atomic E-state index is 13.8. The van der Waals surface area contributed by atoms with Gasteiger partial charge in [0.05, 0.1) is 11.0 Å². The second kappa shape index (κ2) is 15.7. The first-order valence-corrected chi connectivity index (χ1v) is 16.6. The van der Waals surface area contributed by atoms with Crippen molar-refractivity contribution in [3.8, 4) is 5.75 Å². The molecule has 4 aromatic carbocycles. The van der Waals surface area contributed by atoms with Crippen molar-refractivity contribution in [1.82, 2.24) is 10.2 Å². The summed E-state index contributed by atoms with van der Waals surface area (Å²) < 4.78 is 66.3. The Labute approximate surface area is 272 Å². The Morgan fingerprint density at radius 1 is 0.872 bits per heavy atom. The Bertz CT molecular complexity index is 1730. The third-order valence-corrected chi connectivity index (χ3v) is 9.06. The summed E-state index contributed by atoms with van der Waals surface area (Å²) in [6.45, 7) is 0.508. The number of sulfonamides is 1. The fourth-order valence-electron chi connectivity index (χ4n) is 5.15. The summed E-state index contributed by atoms with van der Waals surface area (Å²) in [5.74, 6) is -1.56. The van der Waals surface area contributed by atoms with Crippen LogP contribution in [-0.2, 0) is 37.3 Å². The number of carbonyl (C=O) groups is 2. The summed E-state index contributed by atoms with van der Waals surface area (Å²) in [5.41, 5.74) is 1.66.